The maximum absolute atomic E-state index is 13.4. The highest BCUT2D eigenvalue weighted by Gasteiger charge is 2.25. The molecule has 1 aromatic carbocycles. The minimum absolute atomic E-state index is 0.0612. The first-order chi connectivity index (χ1) is 9.85. The molecular formula is C13H13F2NO5. The van der Waals surface area contributed by atoms with Gasteiger partial charge < -0.3 is 15.2 Å². The van der Waals surface area contributed by atoms with Crippen LogP contribution < -0.4 is 5.32 Å². The van der Waals surface area contributed by atoms with Crippen LogP contribution in [0.5, 0.6) is 0 Å². The molecule has 0 bridgehead atoms. The summed E-state index contributed by atoms with van der Waals surface area (Å²) in [4.78, 5) is 33.9. The van der Waals surface area contributed by atoms with Gasteiger partial charge in [0.2, 0.25) is 0 Å². The van der Waals surface area contributed by atoms with Crippen molar-refractivity contribution >= 4 is 17.8 Å². The number of carbonyl (C=O) groups excluding carboxylic acids is 2. The molecule has 114 valence electrons. The molecule has 1 atom stereocenters. The Labute approximate surface area is 118 Å². The topological polar surface area (TPSA) is 92.7 Å². The highest BCUT2D eigenvalue weighted by molar-refractivity contribution is 5.97. The van der Waals surface area contributed by atoms with Crippen LogP contribution in [0, 0.1) is 11.6 Å². The zero-order valence-corrected chi connectivity index (χ0v) is 11.1. The summed E-state index contributed by atoms with van der Waals surface area (Å²) < 4.78 is 30.7. The monoisotopic (exact) mass is 301 g/mol. The quantitative estimate of drug-likeness (QED) is 0.768. The van der Waals surface area contributed by atoms with Crippen molar-refractivity contribution in [2.45, 2.75) is 19.4 Å². The van der Waals surface area contributed by atoms with E-state index in [-0.39, 0.29) is 6.61 Å². The number of amides is 1. The number of rotatable bonds is 6. The average molecular weight is 301 g/mol. The smallest absolute Gasteiger partial charge is 0.326 e. The summed E-state index contributed by atoms with van der Waals surface area (Å²) in [5.74, 6) is -5.36. The lowest BCUT2D eigenvalue weighted by Crippen LogP contribution is -2.42. The molecule has 1 aromatic rings. The Kier molecular flexibility index (Phi) is 5.77. The minimum atomic E-state index is -1.57. The zero-order chi connectivity index (χ0) is 16.0. The van der Waals surface area contributed by atoms with E-state index in [1.807, 2.05) is 5.32 Å². The van der Waals surface area contributed by atoms with Gasteiger partial charge in [-0.25, -0.2) is 13.6 Å². The van der Waals surface area contributed by atoms with E-state index in [0.717, 1.165) is 12.1 Å². The van der Waals surface area contributed by atoms with E-state index in [1.54, 1.807) is 6.92 Å². The van der Waals surface area contributed by atoms with Crippen LogP contribution in [-0.4, -0.2) is 35.6 Å². The van der Waals surface area contributed by atoms with Gasteiger partial charge in [0, 0.05) is 6.07 Å². The van der Waals surface area contributed by atoms with E-state index >= 15 is 0 Å². The second kappa shape index (κ2) is 7.32. The normalized spacial score (nSPS) is 11.6. The number of nitrogens with one attached hydrogen (secondary N) is 1. The number of halogens is 2. The molecule has 0 aliphatic heterocycles. The lowest BCUT2D eigenvalue weighted by atomic mass is 10.1. The van der Waals surface area contributed by atoms with Crippen LogP contribution in [0.1, 0.15) is 23.7 Å². The van der Waals surface area contributed by atoms with Crippen molar-refractivity contribution in [1.82, 2.24) is 5.32 Å². The summed E-state index contributed by atoms with van der Waals surface area (Å²) in [5.41, 5.74) is -0.522. The molecule has 0 heterocycles. The van der Waals surface area contributed by atoms with Crippen LogP contribution >= 0.6 is 0 Å². The van der Waals surface area contributed by atoms with Crippen molar-refractivity contribution in [3.8, 4) is 0 Å². The molecule has 0 spiro atoms. The van der Waals surface area contributed by atoms with Crippen molar-refractivity contribution in [3.05, 3.63) is 35.4 Å². The van der Waals surface area contributed by atoms with Crippen LogP contribution in [0.15, 0.2) is 18.2 Å². The van der Waals surface area contributed by atoms with Gasteiger partial charge in [0.15, 0.2) is 0 Å². The lowest BCUT2D eigenvalue weighted by Gasteiger charge is -2.14. The molecule has 0 aromatic heterocycles. The van der Waals surface area contributed by atoms with E-state index in [4.69, 9.17) is 5.11 Å². The van der Waals surface area contributed by atoms with E-state index in [0.29, 0.717) is 6.07 Å². The Hall–Kier alpha value is -2.51. The number of carbonyl (C=O) groups is 3. The van der Waals surface area contributed by atoms with Gasteiger partial charge in [0.25, 0.3) is 5.91 Å². The fourth-order valence-corrected chi connectivity index (χ4v) is 1.50. The molecule has 1 rings (SSSR count). The third-order valence-corrected chi connectivity index (χ3v) is 2.46. The predicted molar refractivity (Wildman–Crippen MR) is 66.5 cm³/mol. The number of ether oxygens (including phenoxy) is 1. The third-order valence-electron chi connectivity index (χ3n) is 2.46. The SMILES string of the molecule is CCOC(=O)C[C@H](NC(=O)c1ccc(F)cc1F)C(=O)O. The van der Waals surface area contributed by atoms with E-state index in [1.165, 1.54) is 0 Å². The highest BCUT2D eigenvalue weighted by Crippen LogP contribution is 2.10. The zero-order valence-electron chi connectivity index (χ0n) is 11.1. The van der Waals surface area contributed by atoms with Gasteiger partial charge in [-0.05, 0) is 19.1 Å². The second-order valence-electron chi connectivity index (χ2n) is 4.00. The van der Waals surface area contributed by atoms with Gasteiger partial charge in [-0.2, -0.15) is 0 Å². The molecular weight excluding hydrogens is 288 g/mol. The van der Waals surface area contributed by atoms with Gasteiger partial charge in [-0.15, -0.1) is 0 Å². The molecule has 1 amide bonds. The fraction of sp³-hybridized carbons (Fsp3) is 0.308. The standard InChI is InChI=1S/C13H13F2NO5/c1-2-21-11(17)6-10(13(19)20)16-12(18)8-4-3-7(14)5-9(8)15/h3-5,10H,2,6H2,1H3,(H,16,18)(H,19,20)/t10-/m0/s1. The summed E-state index contributed by atoms with van der Waals surface area (Å²) in [7, 11) is 0. The van der Waals surface area contributed by atoms with E-state index in [9.17, 15) is 23.2 Å². The average Bonchev–Trinajstić information content (AvgIpc) is 2.37. The Bertz CT molecular complexity index is 561. The maximum Gasteiger partial charge on any atom is 0.326 e. The van der Waals surface area contributed by atoms with Crippen molar-refractivity contribution in [2.75, 3.05) is 6.61 Å². The van der Waals surface area contributed by atoms with Crippen LogP contribution in [0.25, 0.3) is 0 Å². The Balaban J connectivity index is 2.81. The Morgan fingerprint density at radius 1 is 1.33 bits per heavy atom. The molecule has 0 saturated heterocycles. The number of hydrogen-bond acceptors (Lipinski definition) is 4. The summed E-state index contributed by atoms with van der Waals surface area (Å²) in [6.07, 6.45) is -0.599. The van der Waals surface area contributed by atoms with Gasteiger partial charge >= 0.3 is 11.9 Å². The van der Waals surface area contributed by atoms with Crippen LogP contribution in [0.3, 0.4) is 0 Å². The van der Waals surface area contributed by atoms with Crippen LogP contribution in [-0.2, 0) is 14.3 Å². The third kappa shape index (κ3) is 4.83. The number of benzene rings is 1. The Morgan fingerprint density at radius 3 is 2.52 bits per heavy atom. The number of aliphatic carboxylic acids is 1. The van der Waals surface area contributed by atoms with Crippen molar-refractivity contribution < 1.29 is 33.0 Å². The summed E-state index contributed by atoms with van der Waals surface area (Å²) in [6, 6.07) is 0.666. The maximum atomic E-state index is 13.4. The second-order valence-corrected chi connectivity index (χ2v) is 4.00. The first-order valence-electron chi connectivity index (χ1n) is 5.99. The highest BCUT2D eigenvalue weighted by atomic mass is 19.1. The fourth-order valence-electron chi connectivity index (χ4n) is 1.50. The van der Waals surface area contributed by atoms with Crippen molar-refractivity contribution in [1.29, 1.82) is 0 Å². The molecule has 0 unspecified atom stereocenters. The number of hydrogen-bond donors (Lipinski definition) is 2. The van der Waals surface area contributed by atoms with Crippen molar-refractivity contribution in [2.24, 2.45) is 0 Å². The molecule has 0 aliphatic rings. The van der Waals surface area contributed by atoms with Gasteiger partial charge in [-0.1, -0.05) is 0 Å². The molecule has 21 heavy (non-hydrogen) atoms. The van der Waals surface area contributed by atoms with Crippen molar-refractivity contribution in [3.63, 3.8) is 0 Å². The molecule has 0 aliphatic carbocycles. The first kappa shape index (κ1) is 16.5. The van der Waals surface area contributed by atoms with Crippen LogP contribution in [0.4, 0.5) is 8.78 Å². The largest absolute Gasteiger partial charge is 0.480 e. The minimum Gasteiger partial charge on any atom is -0.480 e. The molecule has 6 nitrogen and oxygen atoms in total. The number of carboxylic acid groups (broad SMARTS) is 1. The molecule has 0 fully saturated rings. The summed E-state index contributed by atoms with van der Waals surface area (Å²) in [5, 5.41) is 10.9. The summed E-state index contributed by atoms with van der Waals surface area (Å²) in [6.45, 7) is 1.60. The molecule has 8 heteroatoms. The lowest BCUT2D eigenvalue weighted by molar-refractivity contribution is -0.149. The summed E-state index contributed by atoms with van der Waals surface area (Å²) >= 11 is 0. The van der Waals surface area contributed by atoms with E-state index < -0.39 is 47.5 Å². The molecule has 0 radical (unpaired) electrons. The van der Waals surface area contributed by atoms with Gasteiger partial charge in [0.05, 0.1) is 18.6 Å². The molecule has 2 N–H and O–H groups in total. The number of carboxylic acids is 1. The van der Waals surface area contributed by atoms with E-state index in [2.05, 4.69) is 4.74 Å². The molecule has 0 saturated carbocycles. The van der Waals surface area contributed by atoms with Crippen LogP contribution in [0.2, 0.25) is 0 Å². The Morgan fingerprint density at radius 2 is 2.00 bits per heavy atom. The predicted octanol–water partition coefficient (Wildman–Crippen LogP) is 1.10. The number of esters is 1. The van der Waals surface area contributed by atoms with Gasteiger partial charge in [-0.3, -0.25) is 9.59 Å². The van der Waals surface area contributed by atoms with Gasteiger partial charge in [0.1, 0.15) is 17.7 Å². The first-order valence-corrected chi connectivity index (χ1v) is 5.99.